The molecule has 106 valence electrons. The van der Waals surface area contributed by atoms with Crippen molar-refractivity contribution < 1.29 is 9.90 Å². The van der Waals surface area contributed by atoms with Crippen molar-refractivity contribution in [2.45, 2.75) is 0 Å². The SMILES string of the molecule is O=C(Nc1cc(Cl)cc(Cl)c1O)c1ccc2cn[nH]c2c1. The summed E-state index contributed by atoms with van der Waals surface area (Å²) in [6.45, 7) is 0. The van der Waals surface area contributed by atoms with E-state index in [1.54, 1.807) is 24.4 Å². The van der Waals surface area contributed by atoms with Gasteiger partial charge >= 0.3 is 0 Å². The Morgan fingerprint density at radius 1 is 1.24 bits per heavy atom. The first-order valence-corrected chi connectivity index (χ1v) is 6.72. The van der Waals surface area contributed by atoms with Gasteiger partial charge in [0, 0.05) is 16.0 Å². The third-order valence-corrected chi connectivity index (χ3v) is 3.49. The molecule has 2 aromatic carbocycles. The van der Waals surface area contributed by atoms with Gasteiger partial charge in [0.05, 0.1) is 22.4 Å². The molecule has 1 heterocycles. The minimum Gasteiger partial charge on any atom is -0.504 e. The number of carbonyl (C=O) groups excluding carboxylic acids is 1. The van der Waals surface area contributed by atoms with Crippen molar-refractivity contribution in [3.63, 3.8) is 0 Å². The topological polar surface area (TPSA) is 78.0 Å². The molecule has 1 amide bonds. The van der Waals surface area contributed by atoms with Gasteiger partial charge in [-0.05, 0) is 24.3 Å². The number of halogens is 2. The van der Waals surface area contributed by atoms with Gasteiger partial charge in [0.15, 0.2) is 5.75 Å². The largest absolute Gasteiger partial charge is 0.504 e. The average molecular weight is 322 g/mol. The van der Waals surface area contributed by atoms with Crippen molar-refractivity contribution in [2.75, 3.05) is 5.32 Å². The normalized spacial score (nSPS) is 10.8. The third-order valence-electron chi connectivity index (χ3n) is 2.98. The second kappa shape index (κ2) is 5.27. The zero-order valence-electron chi connectivity index (χ0n) is 10.5. The van der Waals surface area contributed by atoms with Crippen LogP contribution in [0.25, 0.3) is 10.9 Å². The molecular formula is C14H9Cl2N3O2. The van der Waals surface area contributed by atoms with Crippen molar-refractivity contribution in [3.8, 4) is 5.75 Å². The van der Waals surface area contributed by atoms with E-state index in [4.69, 9.17) is 23.2 Å². The Kier molecular flexibility index (Phi) is 3.45. The standard InChI is InChI=1S/C14H9Cl2N3O2/c15-9-4-10(16)13(20)12(5-9)18-14(21)7-1-2-8-6-17-19-11(8)3-7/h1-6,20H,(H,17,19)(H,18,21). The summed E-state index contributed by atoms with van der Waals surface area (Å²) in [5.74, 6) is -0.614. The molecule has 3 N–H and O–H groups in total. The molecule has 3 aromatic rings. The Labute approximate surface area is 129 Å². The number of aromatic amines is 1. The highest BCUT2D eigenvalue weighted by Gasteiger charge is 2.13. The zero-order valence-corrected chi connectivity index (χ0v) is 12.0. The van der Waals surface area contributed by atoms with Crippen LogP contribution < -0.4 is 5.32 Å². The van der Waals surface area contributed by atoms with Gasteiger partial charge in [0.25, 0.3) is 5.91 Å². The van der Waals surface area contributed by atoms with E-state index in [1.165, 1.54) is 12.1 Å². The lowest BCUT2D eigenvalue weighted by atomic mass is 10.1. The second-order valence-corrected chi connectivity index (χ2v) is 5.25. The quantitative estimate of drug-likeness (QED) is 0.628. The van der Waals surface area contributed by atoms with Gasteiger partial charge in [0.1, 0.15) is 0 Å². The summed E-state index contributed by atoms with van der Waals surface area (Å²) in [5.41, 5.74) is 1.32. The van der Waals surface area contributed by atoms with Crippen LogP contribution in [-0.2, 0) is 0 Å². The summed E-state index contributed by atoms with van der Waals surface area (Å²) in [4.78, 5) is 12.2. The fourth-order valence-electron chi connectivity index (χ4n) is 1.93. The first kappa shape index (κ1) is 13.7. The minimum atomic E-state index is -0.389. The number of benzene rings is 2. The maximum atomic E-state index is 12.2. The van der Waals surface area contributed by atoms with E-state index >= 15 is 0 Å². The maximum Gasteiger partial charge on any atom is 0.255 e. The lowest BCUT2D eigenvalue weighted by molar-refractivity contribution is 0.102. The van der Waals surface area contributed by atoms with Gasteiger partial charge in [-0.3, -0.25) is 9.89 Å². The highest BCUT2D eigenvalue weighted by Crippen LogP contribution is 2.35. The lowest BCUT2D eigenvalue weighted by Gasteiger charge is -2.09. The van der Waals surface area contributed by atoms with Crippen molar-refractivity contribution in [3.05, 3.63) is 52.1 Å². The maximum absolute atomic E-state index is 12.2. The number of nitrogens with zero attached hydrogens (tertiary/aromatic N) is 1. The number of amides is 1. The molecule has 0 bridgehead atoms. The van der Waals surface area contributed by atoms with Gasteiger partial charge in [-0.1, -0.05) is 29.3 Å². The summed E-state index contributed by atoms with van der Waals surface area (Å²) < 4.78 is 0. The van der Waals surface area contributed by atoms with Gasteiger partial charge in [0.2, 0.25) is 0 Å². The number of nitrogens with one attached hydrogen (secondary N) is 2. The minimum absolute atomic E-state index is 0.0711. The van der Waals surface area contributed by atoms with Crippen LogP contribution in [0.3, 0.4) is 0 Å². The Morgan fingerprint density at radius 2 is 2.05 bits per heavy atom. The van der Waals surface area contributed by atoms with Crippen LogP contribution in [0.5, 0.6) is 5.75 Å². The highest BCUT2D eigenvalue weighted by atomic mass is 35.5. The number of hydrogen-bond donors (Lipinski definition) is 3. The summed E-state index contributed by atoms with van der Waals surface area (Å²) in [7, 11) is 0. The number of hydrogen-bond acceptors (Lipinski definition) is 3. The number of anilines is 1. The van der Waals surface area contributed by atoms with E-state index in [0.717, 1.165) is 10.9 Å². The molecular weight excluding hydrogens is 313 g/mol. The number of H-pyrrole nitrogens is 1. The molecule has 5 nitrogen and oxygen atoms in total. The van der Waals surface area contributed by atoms with E-state index in [0.29, 0.717) is 10.6 Å². The van der Waals surface area contributed by atoms with Gasteiger partial charge in [-0.25, -0.2) is 0 Å². The van der Waals surface area contributed by atoms with Crippen LogP contribution in [-0.4, -0.2) is 21.2 Å². The van der Waals surface area contributed by atoms with E-state index in [-0.39, 0.29) is 22.4 Å². The van der Waals surface area contributed by atoms with Crippen LogP contribution in [0.4, 0.5) is 5.69 Å². The van der Waals surface area contributed by atoms with Crippen molar-refractivity contribution in [1.82, 2.24) is 10.2 Å². The van der Waals surface area contributed by atoms with Crippen molar-refractivity contribution in [1.29, 1.82) is 0 Å². The van der Waals surface area contributed by atoms with E-state index in [1.807, 2.05) is 0 Å². The lowest BCUT2D eigenvalue weighted by Crippen LogP contribution is -2.12. The molecule has 0 saturated carbocycles. The second-order valence-electron chi connectivity index (χ2n) is 4.41. The van der Waals surface area contributed by atoms with Gasteiger partial charge < -0.3 is 10.4 Å². The van der Waals surface area contributed by atoms with Gasteiger partial charge in [-0.2, -0.15) is 5.10 Å². The average Bonchev–Trinajstić information content (AvgIpc) is 2.91. The first-order valence-electron chi connectivity index (χ1n) is 5.97. The summed E-state index contributed by atoms with van der Waals surface area (Å²) in [6.07, 6.45) is 1.67. The monoisotopic (exact) mass is 321 g/mol. The number of aromatic nitrogens is 2. The first-order chi connectivity index (χ1) is 10.0. The van der Waals surface area contributed by atoms with Crippen LogP contribution in [0, 0.1) is 0 Å². The molecule has 0 fully saturated rings. The molecule has 0 aliphatic carbocycles. The number of aromatic hydroxyl groups is 1. The van der Waals surface area contributed by atoms with E-state index < -0.39 is 0 Å². The molecule has 0 atom stereocenters. The molecule has 21 heavy (non-hydrogen) atoms. The van der Waals surface area contributed by atoms with Crippen LogP contribution >= 0.6 is 23.2 Å². The number of phenols is 1. The predicted octanol–water partition coefficient (Wildman–Crippen LogP) is 3.83. The molecule has 0 saturated heterocycles. The van der Waals surface area contributed by atoms with Crippen LogP contribution in [0.2, 0.25) is 10.0 Å². The van der Waals surface area contributed by atoms with E-state index in [2.05, 4.69) is 15.5 Å². The van der Waals surface area contributed by atoms with E-state index in [9.17, 15) is 9.90 Å². The number of rotatable bonds is 2. The number of fused-ring (bicyclic) bond motifs is 1. The fourth-order valence-corrected chi connectivity index (χ4v) is 2.43. The fraction of sp³-hybridized carbons (Fsp3) is 0. The number of phenolic OH excluding ortho intramolecular Hbond substituents is 1. The Hall–Kier alpha value is -2.24. The Bertz CT molecular complexity index is 845. The van der Waals surface area contributed by atoms with Crippen molar-refractivity contribution in [2.24, 2.45) is 0 Å². The van der Waals surface area contributed by atoms with Crippen molar-refractivity contribution >= 4 is 45.7 Å². The molecule has 0 aliphatic heterocycles. The van der Waals surface area contributed by atoms with Crippen LogP contribution in [0.15, 0.2) is 36.5 Å². The Morgan fingerprint density at radius 3 is 2.86 bits per heavy atom. The summed E-state index contributed by atoms with van der Waals surface area (Å²) >= 11 is 11.7. The predicted molar refractivity (Wildman–Crippen MR) is 82.2 cm³/mol. The Balaban J connectivity index is 1.92. The molecule has 0 spiro atoms. The van der Waals surface area contributed by atoms with Gasteiger partial charge in [-0.15, -0.1) is 0 Å². The molecule has 7 heteroatoms. The molecule has 0 aliphatic rings. The van der Waals surface area contributed by atoms with Crippen LogP contribution in [0.1, 0.15) is 10.4 Å². The highest BCUT2D eigenvalue weighted by molar-refractivity contribution is 6.36. The molecule has 1 aromatic heterocycles. The smallest absolute Gasteiger partial charge is 0.255 e. The summed E-state index contributed by atoms with van der Waals surface area (Å²) in [5, 5.41) is 20.4. The number of carbonyl (C=O) groups is 1. The molecule has 3 rings (SSSR count). The molecule has 0 radical (unpaired) electrons. The molecule has 0 unspecified atom stereocenters. The summed E-state index contributed by atoms with van der Waals surface area (Å²) in [6, 6.07) is 7.93. The third kappa shape index (κ3) is 2.66. The zero-order chi connectivity index (χ0) is 15.0.